The van der Waals surface area contributed by atoms with Crippen LogP contribution in [0, 0.1) is 6.92 Å². The highest BCUT2D eigenvalue weighted by Gasteiger charge is 2.12. The summed E-state index contributed by atoms with van der Waals surface area (Å²) in [6, 6.07) is 1.62. The molecular weight excluding hydrogens is 232 g/mol. The molecule has 0 bridgehead atoms. The Morgan fingerprint density at radius 3 is 2.75 bits per heavy atom. The van der Waals surface area contributed by atoms with Crippen molar-refractivity contribution in [1.29, 1.82) is 0 Å². The van der Waals surface area contributed by atoms with Gasteiger partial charge in [-0.3, -0.25) is 14.5 Å². The van der Waals surface area contributed by atoms with Gasteiger partial charge in [0.25, 0.3) is 0 Å². The van der Waals surface area contributed by atoms with Crippen molar-refractivity contribution >= 4 is 21.7 Å². The van der Waals surface area contributed by atoms with Gasteiger partial charge in [-0.15, -0.1) is 0 Å². The topological polar surface area (TPSA) is 96.4 Å². The van der Waals surface area contributed by atoms with E-state index in [9.17, 15) is 13.2 Å². The van der Waals surface area contributed by atoms with Crippen molar-refractivity contribution in [2.75, 3.05) is 10.5 Å². The highest BCUT2D eigenvalue weighted by molar-refractivity contribution is 7.92. The fourth-order valence-electron chi connectivity index (χ4n) is 1.06. The van der Waals surface area contributed by atoms with Crippen LogP contribution in [0.1, 0.15) is 12.0 Å². The first-order valence-electron chi connectivity index (χ1n) is 4.53. The number of nitrogens with zero attached hydrogens (tertiary/aromatic N) is 1. The number of rotatable bonds is 5. The molecule has 1 rings (SSSR count). The number of carboxylic acids is 1. The molecule has 0 saturated carbocycles. The average Bonchev–Trinajstić information content (AvgIpc) is 2.14. The highest BCUT2D eigenvalue weighted by atomic mass is 32.2. The molecule has 0 atom stereocenters. The molecule has 7 heteroatoms. The molecule has 0 saturated heterocycles. The van der Waals surface area contributed by atoms with Gasteiger partial charge in [0.2, 0.25) is 10.0 Å². The van der Waals surface area contributed by atoms with Gasteiger partial charge in [0.1, 0.15) is 0 Å². The summed E-state index contributed by atoms with van der Waals surface area (Å²) in [7, 11) is -3.62. The third kappa shape index (κ3) is 4.26. The van der Waals surface area contributed by atoms with Gasteiger partial charge in [0.15, 0.2) is 0 Å². The number of anilines is 1. The maximum Gasteiger partial charge on any atom is 0.304 e. The molecule has 0 aliphatic carbocycles. The number of hydrogen-bond acceptors (Lipinski definition) is 4. The lowest BCUT2D eigenvalue weighted by Crippen LogP contribution is -2.19. The molecule has 1 aromatic heterocycles. The number of carbonyl (C=O) groups is 1. The van der Waals surface area contributed by atoms with Crippen LogP contribution in [-0.4, -0.2) is 30.2 Å². The molecule has 0 aliphatic heterocycles. The Morgan fingerprint density at radius 2 is 2.19 bits per heavy atom. The summed E-state index contributed by atoms with van der Waals surface area (Å²) in [6.45, 7) is 1.78. The van der Waals surface area contributed by atoms with Crippen molar-refractivity contribution in [3.8, 4) is 0 Å². The molecule has 0 radical (unpaired) electrons. The van der Waals surface area contributed by atoms with Gasteiger partial charge in [-0.1, -0.05) is 0 Å². The maximum atomic E-state index is 11.4. The Kier molecular flexibility index (Phi) is 3.83. The van der Waals surface area contributed by atoms with E-state index in [-0.39, 0.29) is 0 Å². The number of aromatic nitrogens is 1. The van der Waals surface area contributed by atoms with Crippen LogP contribution in [0.25, 0.3) is 0 Å². The normalized spacial score (nSPS) is 11.1. The predicted octanol–water partition coefficient (Wildman–Crippen LogP) is 0.606. The molecule has 88 valence electrons. The minimum atomic E-state index is -3.62. The number of sulfonamides is 1. The van der Waals surface area contributed by atoms with Crippen molar-refractivity contribution in [1.82, 2.24) is 4.98 Å². The lowest BCUT2D eigenvalue weighted by molar-refractivity contribution is -0.136. The van der Waals surface area contributed by atoms with Crippen molar-refractivity contribution in [2.24, 2.45) is 0 Å². The fourth-order valence-corrected chi connectivity index (χ4v) is 2.08. The van der Waals surface area contributed by atoms with Gasteiger partial charge in [-0.2, -0.15) is 0 Å². The molecule has 0 aliphatic rings. The molecule has 1 heterocycles. The van der Waals surface area contributed by atoms with E-state index in [1.807, 2.05) is 0 Å². The molecule has 2 N–H and O–H groups in total. The van der Waals surface area contributed by atoms with Gasteiger partial charge in [-0.25, -0.2) is 8.42 Å². The lowest BCUT2D eigenvalue weighted by atomic mass is 10.3. The van der Waals surface area contributed by atoms with Crippen molar-refractivity contribution in [2.45, 2.75) is 13.3 Å². The smallest absolute Gasteiger partial charge is 0.304 e. The summed E-state index contributed by atoms with van der Waals surface area (Å²) in [5.41, 5.74) is 1.16. The van der Waals surface area contributed by atoms with Crippen molar-refractivity contribution in [3.05, 3.63) is 24.0 Å². The summed E-state index contributed by atoms with van der Waals surface area (Å²) in [5, 5.41) is 8.38. The van der Waals surface area contributed by atoms with Gasteiger partial charge in [-0.05, 0) is 18.6 Å². The van der Waals surface area contributed by atoms with E-state index < -0.39 is 28.2 Å². The monoisotopic (exact) mass is 244 g/mol. The minimum absolute atomic E-state index is 0.338. The third-order valence-electron chi connectivity index (χ3n) is 1.73. The fraction of sp³-hybridized carbons (Fsp3) is 0.333. The predicted molar refractivity (Wildman–Crippen MR) is 58.6 cm³/mol. The van der Waals surface area contributed by atoms with Crippen LogP contribution in [0.2, 0.25) is 0 Å². The van der Waals surface area contributed by atoms with Gasteiger partial charge in [0.05, 0.1) is 24.1 Å². The van der Waals surface area contributed by atoms with E-state index >= 15 is 0 Å². The number of aryl methyl sites for hydroxylation is 1. The zero-order valence-corrected chi connectivity index (χ0v) is 9.49. The number of hydrogen-bond donors (Lipinski definition) is 2. The largest absolute Gasteiger partial charge is 0.481 e. The Balaban J connectivity index is 2.69. The van der Waals surface area contributed by atoms with E-state index in [0.717, 1.165) is 5.56 Å². The van der Waals surface area contributed by atoms with E-state index in [1.54, 1.807) is 19.2 Å². The SMILES string of the molecule is Cc1cncc(NS(=O)(=O)CCC(=O)O)c1. The summed E-state index contributed by atoms with van der Waals surface area (Å²) in [5.74, 6) is -1.59. The van der Waals surface area contributed by atoms with E-state index in [1.165, 1.54) is 6.20 Å². The standard InChI is InChI=1S/C9H12N2O4S/c1-7-4-8(6-10-5-7)11-16(14,15)3-2-9(12)13/h4-6,11H,2-3H2,1H3,(H,12,13). The molecule has 0 aromatic carbocycles. The number of nitrogens with one attached hydrogen (secondary N) is 1. The Labute approximate surface area is 93.4 Å². The highest BCUT2D eigenvalue weighted by Crippen LogP contribution is 2.09. The number of aliphatic carboxylic acids is 1. The molecular formula is C9H12N2O4S. The quantitative estimate of drug-likeness (QED) is 0.790. The molecule has 0 amide bonds. The molecule has 1 aromatic rings. The Bertz CT molecular complexity index is 484. The zero-order chi connectivity index (χ0) is 12.2. The average molecular weight is 244 g/mol. The van der Waals surface area contributed by atoms with Crippen LogP contribution in [0.15, 0.2) is 18.5 Å². The summed E-state index contributed by atoms with van der Waals surface area (Å²) < 4.78 is 25.1. The van der Waals surface area contributed by atoms with E-state index in [2.05, 4.69) is 9.71 Å². The lowest BCUT2D eigenvalue weighted by Gasteiger charge is -2.06. The second-order valence-corrected chi connectivity index (χ2v) is 5.16. The van der Waals surface area contributed by atoms with E-state index in [4.69, 9.17) is 5.11 Å². The van der Waals surface area contributed by atoms with Crippen LogP contribution in [0.5, 0.6) is 0 Å². The van der Waals surface area contributed by atoms with Gasteiger partial charge in [0, 0.05) is 6.20 Å². The van der Waals surface area contributed by atoms with Gasteiger partial charge >= 0.3 is 5.97 Å². The second-order valence-electron chi connectivity index (χ2n) is 3.32. The van der Waals surface area contributed by atoms with E-state index in [0.29, 0.717) is 5.69 Å². The van der Waals surface area contributed by atoms with Crippen LogP contribution >= 0.6 is 0 Å². The first-order valence-corrected chi connectivity index (χ1v) is 6.18. The zero-order valence-electron chi connectivity index (χ0n) is 8.67. The first-order chi connectivity index (χ1) is 7.39. The molecule has 16 heavy (non-hydrogen) atoms. The van der Waals surface area contributed by atoms with Crippen LogP contribution in [0.4, 0.5) is 5.69 Å². The minimum Gasteiger partial charge on any atom is -0.481 e. The molecule has 6 nitrogen and oxygen atoms in total. The molecule has 0 unspecified atom stereocenters. The first kappa shape index (κ1) is 12.4. The maximum absolute atomic E-state index is 11.4. The summed E-state index contributed by atoms with van der Waals surface area (Å²) in [6.07, 6.45) is 2.54. The summed E-state index contributed by atoms with van der Waals surface area (Å²) >= 11 is 0. The third-order valence-corrected chi connectivity index (χ3v) is 3.02. The molecule has 0 fully saturated rings. The van der Waals surface area contributed by atoms with Gasteiger partial charge < -0.3 is 5.11 Å². The van der Waals surface area contributed by atoms with Crippen LogP contribution in [-0.2, 0) is 14.8 Å². The Hall–Kier alpha value is -1.63. The van der Waals surface area contributed by atoms with Crippen molar-refractivity contribution < 1.29 is 18.3 Å². The van der Waals surface area contributed by atoms with Crippen LogP contribution < -0.4 is 4.72 Å². The summed E-state index contributed by atoms with van der Waals surface area (Å²) in [4.78, 5) is 14.1. The van der Waals surface area contributed by atoms with Crippen LogP contribution in [0.3, 0.4) is 0 Å². The number of pyridine rings is 1. The van der Waals surface area contributed by atoms with Crippen molar-refractivity contribution in [3.63, 3.8) is 0 Å². The Morgan fingerprint density at radius 1 is 1.50 bits per heavy atom. The number of carboxylic acid groups (broad SMARTS) is 1. The second kappa shape index (κ2) is 4.93. The molecule has 0 spiro atoms.